The Morgan fingerprint density at radius 2 is 1.52 bits per heavy atom. The lowest BCUT2D eigenvalue weighted by atomic mass is 9.64. The van der Waals surface area contributed by atoms with E-state index in [0.29, 0.717) is 11.8 Å². The van der Waals surface area contributed by atoms with E-state index >= 15 is 0 Å². The minimum absolute atomic E-state index is 0.531. The van der Waals surface area contributed by atoms with Crippen LogP contribution in [0.1, 0.15) is 76.3 Å². The molecule has 2 atom stereocenters. The van der Waals surface area contributed by atoms with E-state index in [1.165, 1.54) is 67.5 Å². The zero-order chi connectivity index (χ0) is 26.8. The smallest absolute Gasteiger partial charge is 0.0101 e. The molecule has 0 aliphatic heterocycles. The van der Waals surface area contributed by atoms with Crippen molar-refractivity contribution in [3.8, 4) is 0 Å². The standard InChI is InChI=1S/C40H38/c1-25-11-9-13-28(23-25)39-34-15-5-7-17-36(34)40(37-18-8-6-16-35(37)39)33-20-10-19-31-32(33)22-21-30-26(2)29-14-4-3-12-27(29)24-38(30)31/h3-5,7,11,14-19,21-23,27,38H,6,8-10,12-13,20,24H2,1-2H3. The monoisotopic (exact) mass is 518 g/mol. The summed E-state index contributed by atoms with van der Waals surface area (Å²) in [6.07, 6.45) is 33.7. The molecule has 0 heteroatoms. The fourth-order valence-electron chi connectivity index (χ4n) is 8.55. The van der Waals surface area contributed by atoms with Gasteiger partial charge in [-0.15, -0.1) is 0 Å². The molecule has 0 saturated heterocycles. The summed E-state index contributed by atoms with van der Waals surface area (Å²) in [4.78, 5) is 0. The topological polar surface area (TPSA) is 0 Å². The Morgan fingerprint density at radius 1 is 0.750 bits per heavy atom. The van der Waals surface area contributed by atoms with Crippen LogP contribution in [0.2, 0.25) is 0 Å². The predicted octanol–water partition coefficient (Wildman–Crippen LogP) is 9.20. The van der Waals surface area contributed by atoms with E-state index in [1.807, 2.05) is 0 Å². The molecule has 2 unspecified atom stereocenters. The van der Waals surface area contributed by atoms with E-state index in [4.69, 9.17) is 0 Å². The van der Waals surface area contributed by atoms with Gasteiger partial charge >= 0.3 is 0 Å². The summed E-state index contributed by atoms with van der Waals surface area (Å²) in [5, 5.41) is 5.86. The second-order valence-electron chi connectivity index (χ2n) is 12.5. The van der Waals surface area contributed by atoms with Crippen LogP contribution in [0.5, 0.6) is 0 Å². The summed E-state index contributed by atoms with van der Waals surface area (Å²) in [5.74, 6) is 1.19. The van der Waals surface area contributed by atoms with Gasteiger partial charge in [-0.1, -0.05) is 90.6 Å². The summed E-state index contributed by atoms with van der Waals surface area (Å²) in [6, 6.07) is 9.30. The number of hydrogen-bond acceptors (Lipinski definition) is 0. The van der Waals surface area contributed by atoms with Gasteiger partial charge in [0.2, 0.25) is 0 Å². The Morgan fingerprint density at radius 3 is 2.35 bits per heavy atom. The minimum Gasteiger partial charge on any atom is -0.0839 e. The number of rotatable bonds is 2. The highest BCUT2D eigenvalue weighted by atomic mass is 14.4. The molecular formula is C40H38. The van der Waals surface area contributed by atoms with Crippen molar-refractivity contribution in [3.63, 3.8) is 0 Å². The lowest BCUT2D eigenvalue weighted by Gasteiger charge is -2.40. The van der Waals surface area contributed by atoms with E-state index in [2.05, 4.69) is 98.9 Å². The van der Waals surface area contributed by atoms with Gasteiger partial charge in [0.1, 0.15) is 0 Å². The molecule has 0 fully saturated rings. The predicted molar refractivity (Wildman–Crippen MR) is 172 cm³/mol. The quantitative estimate of drug-likeness (QED) is 0.372. The normalized spacial score (nSPS) is 25.1. The van der Waals surface area contributed by atoms with Crippen molar-refractivity contribution in [1.82, 2.24) is 0 Å². The van der Waals surface area contributed by atoms with Crippen LogP contribution in [-0.2, 0) is 0 Å². The maximum absolute atomic E-state index is 2.59. The van der Waals surface area contributed by atoms with E-state index in [0.717, 1.165) is 38.5 Å². The number of fused-ring (bicyclic) bond motifs is 6. The van der Waals surface area contributed by atoms with Gasteiger partial charge in [-0.3, -0.25) is 0 Å². The zero-order valence-corrected chi connectivity index (χ0v) is 23.9. The Balaban J connectivity index is 1.39. The third kappa shape index (κ3) is 3.65. The molecule has 0 nitrogen and oxygen atoms in total. The van der Waals surface area contributed by atoms with Gasteiger partial charge in [0.05, 0.1) is 0 Å². The largest absolute Gasteiger partial charge is 0.0839 e. The van der Waals surface area contributed by atoms with Gasteiger partial charge < -0.3 is 0 Å². The summed E-state index contributed by atoms with van der Waals surface area (Å²) in [5.41, 5.74) is 15.3. The second kappa shape index (κ2) is 9.48. The molecule has 6 aliphatic rings. The molecule has 0 spiro atoms. The Hall–Kier alpha value is -3.64. The Bertz CT molecular complexity index is 1850. The van der Waals surface area contributed by atoms with E-state index in [-0.39, 0.29) is 0 Å². The van der Waals surface area contributed by atoms with Crippen LogP contribution >= 0.6 is 0 Å². The van der Waals surface area contributed by atoms with Gasteiger partial charge in [0, 0.05) is 5.92 Å². The number of hydrogen-bond donors (Lipinski definition) is 0. The highest BCUT2D eigenvalue weighted by Crippen LogP contribution is 2.51. The van der Waals surface area contributed by atoms with Crippen LogP contribution in [0.25, 0.3) is 34.1 Å². The molecule has 8 rings (SSSR count). The van der Waals surface area contributed by atoms with E-state index < -0.39 is 0 Å². The van der Waals surface area contributed by atoms with Crippen molar-refractivity contribution < 1.29 is 0 Å². The summed E-state index contributed by atoms with van der Waals surface area (Å²) in [6.45, 7) is 4.63. The average Bonchev–Trinajstić information content (AvgIpc) is 2.99. The van der Waals surface area contributed by atoms with Crippen molar-refractivity contribution >= 4 is 34.1 Å². The van der Waals surface area contributed by atoms with Crippen LogP contribution in [0.3, 0.4) is 0 Å². The van der Waals surface area contributed by atoms with Crippen LogP contribution in [-0.4, -0.2) is 0 Å². The molecule has 0 saturated carbocycles. The molecular weight excluding hydrogens is 480 g/mol. The summed E-state index contributed by atoms with van der Waals surface area (Å²) in [7, 11) is 0. The first-order chi connectivity index (χ1) is 19.7. The summed E-state index contributed by atoms with van der Waals surface area (Å²) >= 11 is 0. The third-order valence-corrected chi connectivity index (χ3v) is 10.3. The Kier molecular flexibility index (Phi) is 5.73. The van der Waals surface area contributed by atoms with E-state index in [1.54, 1.807) is 22.3 Å². The van der Waals surface area contributed by atoms with Gasteiger partial charge in [-0.25, -0.2) is 0 Å². The van der Waals surface area contributed by atoms with Gasteiger partial charge in [0.15, 0.2) is 0 Å². The van der Waals surface area contributed by atoms with Crippen molar-refractivity contribution in [1.29, 1.82) is 0 Å². The van der Waals surface area contributed by atoms with Crippen LogP contribution in [0, 0.1) is 11.8 Å². The molecule has 0 N–H and O–H groups in total. The van der Waals surface area contributed by atoms with Crippen LogP contribution in [0.15, 0.2) is 106 Å². The average molecular weight is 519 g/mol. The molecule has 40 heavy (non-hydrogen) atoms. The SMILES string of the molecule is CC1=CCCC(c2c3c(c(C4=C5C=CC6=C(C)C7=CC=CCC7CC6C5=CCC4)c4ccccc24)=CCCC=3)=C1. The van der Waals surface area contributed by atoms with Crippen molar-refractivity contribution in [2.75, 3.05) is 0 Å². The van der Waals surface area contributed by atoms with E-state index in [9.17, 15) is 0 Å². The third-order valence-electron chi connectivity index (χ3n) is 10.3. The van der Waals surface area contributed by atoms with Gasteiger partial charge in [0.25, 0.3) is 0 Å². The number of allylic oxidation sites excluding steroid dienone is 16. The molecule has 2 aromatic carbocycles. The molecule has 0 radical (unpaired) electrons. The Labute approximate surface area is 238 Å². The molecule has 0 aromatic heterocycles. The van der Waals surface area contributed by atoms with Crippen molar-refractivity contribution in [3.05, 3.63) is 128 Å². The van der Waals surface area contributed by atoms with Crippen molar-refractivity contribution in [2.24, 2.45) is 11.8 Å². The maximum atomic E-state index is 2.59. The zero-order valence-electron chi connectivity index (χ0n) is 23.9. The summed E-state index contributed by atoms with van der Waals surface area (Å²) < 4.78 is 0. The van der Waals surface area contributed by atoms with Crippen molar-refractivity contribution in [2.45, 2.75) is 65.2 Å². The van der Waals surface area contributed by atoms with Crippen LogP contribution < -0.4 is 10.4 Å². The molecule has 0 bridgehead atoms. The maximum Gasteiger partial charge on any atom is 0.0101 e. The van der Waals surface area contributed by atoms with Gasteiger partial charge in [-0.05, 0) is 142 Å². The highest BCUT2D eigenvalue weighted by molar-refractivity contribution is 6.03. The lowest BCUT2D eigenvalue weighted by molar-refractivity contribution is 0.472. The second-order valence-corrected chi connectivity index (χ2v) is 12.5. The highest BCUT2D eigenvalue weighted by Gasteiger charge is 2.36. The first kappa shape index (κ1) is 24.2. The molecule has 0 amide bonds. The molecule has 6 aliphatic carbocycles. The molecule has 2 aromatic rings. The first-order valence-corrected chi connectivity index (χ1v) is 15.5. The fourth-order valence-corrected chi connectivity index (χ4v) is 8.55. The fraction of sp³-hybridized carbons (Fsp3) is 0.300. The number of benzene rings is 2. The molecule has 0 heterocycles. The first-order valence-electron chi connectivity index (χ1n) is 15.5. The van der Waals surface area contributed by atoms with Crippen LogP contribution in [0.4, 0.5) is 0 Å². The molecule has 198 valence electrons. The van der Waals surface area contributed by atoms with Gasteiger partial charge in [-0.2, -0.15) is 0 Å². The lowest BCUT2D eigenvalue weighted by Crippen LogP contribution is -2.35. The minimum atomic E-state index is 0.531.